The van der Waals surface area contributed by atoms with Crippen molar-refractivity contribution in [3.8, 4) is 0 Å². The second-order valence-corrected chi connectivity index (χ2v) is 5.69. The Labute approximate surface area is 111 Å². The summed E-state index contributed by atoms with van der Waals surface area (Å²) in [5.41, 5.74) is 0.426. The Morgan fingerprint density at radius 2 is 2.16 bits per heavy atom. The van der Waals surface area contributed by atoms with Crippen molar-refractivity contribution in [1.82, 2.24) is 5.32 Å². The summed E-state index contributed by atoms with van der Waals surface area (Å²) < 4.78 is 13.3. The van der Waals surface area contributed by atoms with E-state index in [2.05, 4.69) is 5.32 Å². The van der Waals surface area contributed by atoms with Gasteiger partial charge in [0.2, 0.25) is 5.91 Å². The van der Waals surface area contributed by atoms with Crippen molar-refractivity contribution in [3.63, 3.8) is 0 Å². The predicted molar refractivity (Wildman–Crippen MR) is 68.8 cm³/mol. The molecule has 1 aromatic rings. The number of nitrogens with one attached hydrogen (secondary N) is 1. The first-order valence-corrected chi connectivity index (χ1v) is 6.87. The third-order valence-electron chi connectivity index (χ3n) is 4.31. The van der Waals surface area contributed by atoms with Crippen LogP contribution in [-0.2, 0) is 10.3 Å². The molecule has 1 amide bonds. The highest BCUT2D eigenvalue weighted by atomic mass is 19.1. The molecule has 2 saturated carbocycles. The number of aliphatic hydroxyl groups is 1. The average Bonchev–Trinajstić information content (AvgIpc) is 3.03. The molecule has 2 atom stereocenters. The first kappa shape index (κ1) is 12.6. The maximum absolute atomic E-state index is 13.3. The number of carbonyl (C=O) groups is 1. The second kappa shape index (κ2) is 4.60. The lowest BCUT2D eigenvalue weighted by molar-refractivity contribution is -0.128. The Hall–Kier alpha value is -1.42. The van der Waals surface area contributed by atoms with Gasteiger partial charge >= 0.3 is 0 Å². The smallest absolute Gasteiger partial charge is 0.226 e. The monoisotopic (exact) mass is 263 g/mol. The predicted octanol–water partition coefficient (Wildman–Crippen LogP) is 2.09. The van der Waals surface area contributed by atoms with Crippen molar-refractivity contribution in [2.75, 3.05) is 0 Å². The summed E-state index contributed by atoms with van der Waals surface area (Å²) in [5, 5.41) is 12.8. The SMILES string of the molecule is O=C(NC1(c2cccc(F)c2)CC1)C1CCCC1O. The lowest BCUT2D eigenvalue weighted by Gasteiger charge is -2.22. The van der Waals surface area contributed by atoms with Gasteiger partial charge in [-0.3, -0.25) is 4.79 Å². The molecular formula is C15H18FNO2. The quantitative estimate of drug-likeness (QED) is 0.877. The Balaban J connectivity index is 1.74. The zero-order valence-corrected chi connectivity index (χ0v) is 10.7. The van der Waals surface area contributed by atoms with Crippen LogP contribution in [0.4, 0.5) is 4.39 Å². The first-order chi connectivity index (χ1) is 9.11. The Kier molecular flexibility index (Phi) is 3.05. The summed E-state index contributed by atoms with van der Waals surface area (Å²) in [6.07, 6.45) is 3.49. The molecule has 2 fully saturated rings. The molecule has 0 bridgehead atoms. The first-order valence-electron chi connectivity index (χ1n) is 6.87. The summed E-state index contributed by atoms with van der Waals surface area (Å²) in [4.78, 5) is 12.2. The Bertz CT molecular complexity index is 499. The zero-order valence-electron chi connectivity index (χ0n) is 10.7. The van der Waals surface area contributed by atoms with Crippen molar-refractivity contribution in [2.45, 2.75) is 43.7 Å². The summed E-state index contributed by atoms with van der Waals surface area (Å²) >= 11 is 0. The maximum Gasteiger partial charge on any atom is 0.226 e. The number of hydrogen-bond acceptors (Lipinski definition) is 2. The molecule has 102 valence electrons. The number of carbonyl (C=O) groups excluding carboxylic acids is 1. The van der Waals surface area contributed by atoms with Crippen molar-refractivity contribution in [3.05, 3.63) is 35.6 Å². The molecule has 3 nitrogen and oxygen atoms in total. The summed E-state index contributed by atoms with van der Waals surface area (Å²) in [7, 11) is 0. The van der Waals surface area contributed by atoms with Gasteiger partial charge in [0.1, 0.15) is 5.82 Å². The lowest BCUT2D eigenvalue weighted by Crippen LogP contribution is -2.41. The van der Waals surface area contributed by atoms with Gasteiger partial charge in [-0.05, 0) is 49.8 Å². The van der Waals surface area contributed by atoms with Crippen LogP contribution in [0.1, 0.15) is 37.7 Å². The molecule has 19 heavy (non-hydrogen) atoms. The third kappa shape index (κ3) is 2.37. The van der Waals surface area contributed by atoms with E-state index in [4.69, 9.17) is 0 Å². The van der Waals surface area contributed by atoms with E-state index in [-0.39, 0.29) is 17.6 Å². The number of aliphatic hydroxyl groups excluding tert-OH is 1. The highest BCUT2D eigenvalue weighted by Crippen LogP contribution is 2.46. The third-order valence-corrected chi connectivity index (χ3v) is 4.31. The number of halogens is 1. The standard InChI is InChI=1S/C15H18FNO2/c16-11-4-1-3-10(9-11)15(7-8-15)17-14(19)12-5-2-6-13(12)18/h1,3-4,9,12-13,18H,2,5-8H2,(H,17,19). The van der Waals surface area contributed by atoms with Gasteiger partial charge in [0, 0.05) is 0 Å². The van der Waals surface area contributed by atoms with E-state index in [9.17, 15) is 14.3 Å². The van der Waals surface area contributed by atoms with Crippen LogP contribution >= 0.6 is 0 Å². The minimum atomic E-state index is -0.525. The van der Waals surface area contributed by atoms with Crippen LogP contribution in [-0.4, -0.2) is 17.1 Å². The van der Waals surface area contributed by atoms with Crippen molar-refractivity contribution in [1.29, 1.82) is 0 Å². The molecule has 0 aliphatic heterocycles. The van der Waals surface area contributed by atoms with E-state index in [0.717, 1.165) is 31.2 Å². The lowest BCUT2D eigenvalue weighted by atomic mass is 10.0. The second-order valence-electron chi connectivity index (χ2n) is 5.69. The normalized spacial score (nSPS) is 28.1. The molecule has 4 heteroatoms. The van der Waals surface area contributed by atoms with E-state index < -0.39 is 11.6 Å². The minimum Gasteiger partial charge on any atom is -0.392 e. The fraction of sp³-hybridized carbons (Fsp3) is 0.533. The van der Waals surface area contributed by atoms with E-state index in [1.807, 2.05) is 6.07 Å². The molecule has 2 aliphatic rings. The largest absolute Gasteiger partial charge is 0.392 e. The van der Waals surface area contributed by atoms with E-state index in [0.29, 0.717) is 6.42 Å². The van der Waals surface area contributed by atoms with Gasteiger partial charge < -0.3 is 10.4 Å². The van der Waals surface area contributed by atoms with E-state index >= 15 is 0 Å². The molecule has 0 spiro atoms. The van der Waals surface area contributed by atoms with Crippen molar-refractivity contribution < 1.29 is 14.3 Å². The van der Waals surface area contributed by atoms with Crippen LogP contribution < -0.4 is 5.32 Å². The molecule has 2 aliphatic carbocycles. The van der Waals surface area contributed by atoms with Crippen LogP contribution in [0, 0.1) is 11.7 Å². The fourth-order valence-electron chi connectivity index (χ4n) is 2.97. The van der Waals surface area contributed by atoms with Crippen molar-refractivity contribution >= 4 is 5.91 Å². The van der Waals surface area contributed by atoms with Crippen LogP contribution in [0.2, 0.25) is 0 Å². The molecule has 2 N–H and O–H groups in total. The van der Waals surface area contributed by atoms with Gasteiger partial charge in [-0.25, -0.2) is 4.39 Å². The highest BCUT2D eigenvalue weighted by molar-refractivity contribution is 5.81. The number of benzene rings is 1. The summed E-state index contributed by atoms with van der Waals surface area (Å²) in [5.74, 6) is -0.670. The number of hydrogen-bond donors (Lipinski definition) is 2. The van der Waals surface area contributed by atoms with Gasteiger partial charge in [0.25, 0.3) is 0 Å². The molecule has 0 aromatic heterocycles. The Morgan fingerprint density at radius 1 is 1.37 bits per heavy atom. The number of rotatable bonds is 3. The van der Waals surface area contributed by atoms with Crippen LogP contribution in [0.15, 0.2) is 24.3 Å². The fourth-order valence-corrected chi connectivity index (χ4v) is 2.97. The van der Waals surface area contributed by atoms with Crippen LogP contribution in [0.25, 0.3) is 0 Å². The summed E-state index contributed by atoms with van der Waals surface area (Å²) in [6.45, 7) is 0. The van der Waals surface area contributed by atoms with Gasteiger partial charge in [-0.2, -0.15) is 0 Å². The van der Waals surface area contributed by atoms with Gasteiger partial charge in [-0.1, -0.05) is 12.1 Å². The highest BCUT2D eigenvalue weighted by Gasteiger charge is 2.47. The zero-order chi connectivity index (χ0) is 13.5. The average molecular weight is 263 g/mol. The van der Waals surface area contributed by atoms with Gasteiger partial charge in [0.05, 0.1) is 17.6 Å². The topological polar surface area (TPSA) is 49.3 Å². The van der Waals surface area contributed by atoms with Gasteiger partial charge in [0.15, 0.2) is 0 Å². The van der Waals surface area contributed by atoms with Crippen molar-refractivity contribution in [2.24, 2.45) is 5.92 Å². The molecular weight excluding hydrogens is 245 g/mol. The number of amides is 1. The maximum atomic E-state index is 13.3. The minimum absolute atomic E-state index is 0.0910. The molecule has 1 aromatic carbocycles. The van der Waals surface area contributed by atoms with E-state index in [1.54, 1.807) is 6.07 Å². The van der Waals surface area contributed by atoms with Crippen LogP contribution in [0.5, 0.6) is 0 Å². The van der Waals surface area contributed by atoms with Gasteiger partial charge in [-0.15, -0.1) is 0 Å². The molecule has 2 unspecified atom stereocenters. The van der Waals surface area contributed by atoms with Crippen LogP contribution in [0.3, 0.4) is 0 Å². The molecule has 0 radical (unpaired) electrons. The van der Waals surface area contributed by atoms with E-state index in [1.165, 1.54) is 12.1 Å². The summed E-state index contributed by atoms with van der Waals surface area (Å²) in [6, 6.07) is 6.41. The Morgan fingerprint density at radius 3 is 2.74 bits per heavy atom. The molecule has 3 rings (SSSR count). The molecule has 0 saturated heterocycles. The molecule has 0 heterocycles.